The maximum absolute atomic E-state index is 13.2. The van der Waals surface area contributed by atoms with Crippen LogP contribution < -0.4 is 4.90 Å². The zero-order valence-electron chi connectivity index (χ0n) is 16.7. The lowest BCUT2D eigenvalue weighted by Crippen LogP contribution is -2.49. The summed E-state index contributed by atoms with van der Waals surface area (Å²) < 4.78 is 5.43. The molecule has 1 aromatic heterocycles. The molecule has 0 spiro atoms. The average Bonchev–Trinajstić information content (AvgIpc) is 2.80. The van der Waals surface area contributed by atoms with Gasteiger partial charge in [0, 0.05) is 52.0 Å². The van der Waals surface area contributed by atoms with Crippen molar-refractivity contribution in [3.05, 3.63) is 65.9 Å². The van der Waals surface area contributed by atoms with E-state index in [1.165, 1.54) is 5.56 Å². The van der Waals surface area contributed by atoms with Crippen LogP contribution in [0.1, 0.15) is 15.9 Å². The molecule has 2 aliphatic heterocycles. The molecule has 1 amide bonds. The van der Waals surface area contributed by atoms with Crippen LogP contribution in [0, 0.1) is 0 Å². The van der Waals surface area contributed by atoms with Crippen molar-refractivity contribution in [1.29, 1.82) is 0 Å². The molecule has 2 aliphatic rings. The first-order chi connectivity index (χ1) is 14.3. The molecular formula is C23H28N4O2. The maximum atomic E-state index is 13.2. The predicted molar refractivity (Wildman–Crippen MR) is 115 cm³/mol. The van der Waals surface area contributed by atoms with Crippen LogP contribution in [0.25, 0.3) is 6.08 Å². The highest BCUT2D eigenvalue weighted by atomic mass is 16.5. The Labute approximate surface area is 172 Å². The average molecular weight is 393 g/mol. The molecule has 2 saturated heterocycles. The molecule has 29 heavy (non-hydrogen) atoms. The van der Waals surface area contributed by atoms with Gasteiger partial charge in [-0.2, -0.15) is 0 Å². The van der Waals surface area contributed by atoms with Crippen LogP contribution in [0.3, 0.4) is 0 Å². The Morgan fingerprint density at radius 1 is 0.966 bits per heavy atom. The lowest BCUT2D eigenvalue weighted by atomic mass is 10.1. The standard InChI is InChI=1S/C23H28N4O2/c28-23(21-9-4-10-24-22(21)26-16-18-29-19-17-26)27-14-12-25(13-15-27)11-5-8-20-6-2-1-3-7-20/h1-10H,11-19H2/b8-5+. The van der Waals surface area contributed by atoms with E-state index in [-0.39, 0.29) is 5.91 Å². The van der Waals surface area contributed by atoms with E-state index in [2.05, 4.69) is 39.1 Å². The van der Waals surface area contributed by atoms with Gasteiger partial charge in [-0.1, -0.05) is 42.5 Å². The number of morpholine rings is 1. The number of carbonyl (C=O) groups is 1. The second-order valence-corrected chi connectivity index (χ2v) is 7.38. The van der Waals surface area contributed by atoms with Gasteiger partial charge in [0.25, 0.3) is 5.91 Å². The maximum Gasteiger partial charge on any atom is 0.257 e. The van der Waals surface area contributed by atoms with E-state index in [1.807, 2.05) is 35.2 Å². The van der Waals surface area contributed by atoms with E-state index >= 15 is 0 Å². The number of aromatic nitrogens is 1. The lowest BCUT2D eigenvalue weighted by Gasteiger charge is -2.35. The zero-order chi connectivity index (χ0) is 19.9. The third kappa shape index (κ3) is 5.02. The highest BCUT2D eigenvalue weighted by molar-refractivity contribution is 5.99. The number of piperazine rings is 1. The van der Waals surface area contributed by atoms with E-state index in [9.17, 15) is 4.79 Å². The quantitative estimate of drug-likeness (QED) is 0.782. The first-order valence-electron chi connectivity index (χ1n) is 10.3. The minimum atomic E-state index is 0.0825. The fourth-order valence-electron chi connectivity index (χ4n) is 3.80. The van der Waals surface area contributed by atoms with Gasteiger partial charge in [0.2, 0.25) is 0 Å². The van der Waals surface area contributed by atoms with Crippen LogP contribution in [0.4, 0.5) is 5.82 Å². The monoisotopic (exact) mass is 392 g/mol. The van der Waals surface area contributed by atoms with Crippen molar-refractivity contribution < 1.29 is 9.53 Å². The van der Waals surface area contributed by atoms with Crippen molar-refractivity contribution in [2.24, 2.45) is 0 Å². The minimum Gasteiger partial charge on any atom is -0.378 e. The molecule has 0 radical (unpaired) electrons. The van der Waals surface area contributed by atoms with Gasteiger partial charge in [-0.25, -0.2) is 4.98 Å². The summed E-state index contributed by atoms with van der Waals surface area (Å²) in [5.74, 6) is 0.869. The normalized spacial score (nSPS) is 18.3. The minimum absolute atomic E-state index is 0.0825. The largest absolute Gasteiger partial charge is 0.378 e. The molecule has 0 bridgehead atoms. The lowest BCUT2D eigenvalue weighted by molar-refractivity contribution is 0.0649. The Kier molecular flexibility index (Phi) is 6.54. The number of pyridine rings is 1. The van der Waals surface area contributed by atoms with E-state index in [1.54, 1.807) is 6.20 Å². The molecule has 2 fully saturated rings. The van der Waals surface area contributed by atoms with E-state index < -0.39 is 0 Å². The molecular weight excluding hydrogens is 364 g/mol. The highest BCUT2D eigenvalue weighted by Gasteiger charge is 2.26. The summed E-state index contributed by atoms with van der Waals surface area (Å²) in [5.41, 5.74) is 1.92. The van der Waals surface area contributed by atoms with Gasteiger partial charge < -0.3 is 14.5 Å². The molecule has 1 aromatic carbocycles. The first kappa shape index (κ1) is 19.6. The third-order valence-corrected chi connectivity index (χ3v) is 5.46. The van der Waals surface area contributed by atoms with Gasteiger partial charge in [0.05, 0.1) is 18.8 Å². The molecule has 4 rings (SSSR count). The number of rotatable bonds is 5. The Bertz CT molecular complexity index is 826. The molecule has 6 nitrogen and oxygen atoms in total. The molecule has 2 aromatic rings. The number of benzene rings is 1. The smallest absolute Gasteiger partial charge is 0.257 e. The van der Waals surface area contributed by atoms with Gasteiger partial charge in [0.15, 0.2) is 0 Å². The highest BCUT2D eigenvalue weighted by Crippen LogP contribution is 2.21. The molecule has 152 valence electrons. The Morgan fingerprint density at radius 2 is 1.72 bits per heavy atom. The summed E-state index contributed by atoms with van der Waals surface area (Å²) in [6.45, 7) is 7.08. The molecule has 6 heteroatoms. The van der Waals surface area contributed by atoms with Crippen LogP contribution in [-0.2, 0) is 4.74 Å². The second kappa shape index (κ2) is 9.67. The summed E-state index contributed by atoms with van der Waals surface area (Å²) in [5, 5.41) is 0. The summed E-state index contributed by atoms with van der Waals surface area (Å²) in [4.78, 5) is 24.2. The fourth-order valence-corrected chi connectivity index (χ4v) is 3.80. The van der Waals surface area contributed by atoms with Crippen LogP contribution in [0.15, 0.2) is 54.7 Å². The zero-order valence-corrected chi connectivity index (χ0v) is 16.7. The summed E-state index contributed by atoms with van der Waals surface area (Å²) in [7, 11) is 0. The summed E-state index contributed by atoms with van der Waals surface area (Å²) in [6.07, 6.45) is 6.12. The van der Waals surface area contributed by atoms with Crippen LogP contribution in [-0.4, -0.2) is 79.7 Å². The van der Waals surface area contributed by atoms with Gasteiger partial charge in [-0.05, 0) is 17.7 Å². The number of hydrogen-bond acceptors (Lipinski definition) is 5. The van der Waals surface area contributed by atoms with E-state index in [0.29, 0.717) is 18.8 Å². The van der Waals surface area contributed by atoms with Crippen molar-refractivity contribution in [2.75, 3.05) is 63.9 Å². The Hall–Kier alpha value is -2.70. The predicted octanol–water partition coefficient (Wildman–Crippen LogP) is 2.39. The van der Waals surface area contributed by atoms with Crippen LogP contribution >= 0.6 is 0 Å². The van der Waals surface area contributed by atoms with E-state index in [4.69, 9.17) is 4.74 Å². The first-order valence-corrected chi connectivity index (χ1v) is 10.3. The van der Waals surface area contributed by atoms with Crippen molar-refractivity contribution in [3.8, 4) is 0 Å². The number of hydrogen-bond donors (Lipinski definition) is 0. The Balaban J connectivity index is 1.33. The molecule has 0 atom stereocenters. The van der Waals surface area contributed by atoms with Crippen molar-refractivity contribution in [1.82, 2.24) is 14.8 Å². The van der Waals surface area contributed by atoms with Crippen LogP contribution in [0.5, 0.6) is 0 Å². The summed E-state index contributed by atoms with van der Waals surface area (Å²) in [6, 6.07) is 14.1. The summed E-state index contributed by atoms with van der Waals surface area (Å²) >= 11 is 0. The molecule has 0 aliphatic carbocycles. The molecule has 0 N–H and O–H groups in total. The van der Waals surface area contributed by atoms with Crippen molar-refractivity contribution in [2.45, 2.75) is 0 Å². The van der Waals surface area contributed by atoms with Gasteiger partial charge in [-0.3, -0.25) is 9.69 Å². The van der Waals surface area contributed by atoms with Crippen molar-refractivity contribution >= 4 is 17.8 Å². The Morgan fingerprint density at radius 3 is 2.48 bits per heavy atom. The van der Waals surface area contributed by atoms with Crippen LogP contribution in [0.2, 0.25) is 0 Å². The van der Waals surface area contributed by atoms with E-state index in [0.717, 1.165) is 51.6 Å². The number of amides is 1. The number of carbonyl (C=O) groups excluding carboxylic acids is 1. The fraction of sp³-hybridized carbons (Fsp3) is 0.391. The van der Waals surface area contributed by atoms with Gasteiger partial charge >= 0.3 is 0 Å². The number of ether oxygens (including phenoxy) is 1. The number of nitrogens with zero attached hydrogens (tertiary/aromatic N) is 4. The molecule has 3 heterocycles. The SMILES string of the molecule is O=C(c1cccnc1N1CCOCC1)N1CCN(C/C=C/c2ccccc2)CC1. The second-order valence-electron chi connectivity index (χ2n) is 7.38. The van der Waals surface area contributed by atoms with Gasteiger partial charge in [-0.15, -0.1) is 0 Å². The number of anilines is 1. The third-order valence-electron chi connectivity index (χ3n) is 5.46. The topological polar surface area (TPSA) is 48.9 Å². The molecule has 0 saturated carbocycles. The van der Waals surface area contributed by atoms with Gasteiger partial charge in [0.1, 0.15) is 5.82 Å². The molecule has 0 unspecified atom stereocenters. The van der Waals surface area contributed by atoms with Crippen molar-refractivity contribution in [3.63, 3.8) is 0 Å².